The van der Waals surface area contributed by atoms with E-state index in [0.29, 0.717) is 35.5 Å². The Balaban J connectivity index is 1.57. The smallest absolute Gasteiger partial charge is 0.420 e. The van der Waals surface area contributed by atoms with Crippen LogP contribution in [0.15, 0.2) is 30.0 Å². The lowest BCUT2D eigenvalue weighted by molar-refractivity contribution is -0.00408. The fourth-order valence-corrected chi connectivity index (χ4v) is 4.74. The van der Waals surface area contributed by atoms with Gasteiger partial charge in [-0.05, 0) is 58.6 Å². The molecule has 188 valence electrons. The summed E-state index contributed by atoms with van der Waals surface area (Å²) in [5.41, 5.74) is 2.49. The molecule has 1 amide bonds. The van der Waals surface area contributed by atoms with Gasteiger partial charge in [-0.25, -0.2) is 14.3 Å². The summed E-state index contributed by atoms with van der Waals surface area (Å²) in [5, 5.41) is 3.78. The molecule has 10 heteroatoms. The standard InChI is InChI=1S/C25H32N4O5S/c1-25(2,3)34-24(31)29-10-9-18-19(13-20(28-22(18)29)21-14-26-15-35-21)23(30)27-16-5-7-17(8-6-16)33-12-11-32-4/h9-10,13-17H,5-8,11-12H2,1-4H3,(H,27,30). The van der Waals surface area contributed by atoms with Crippen LogP contribution in [-0.2, 0) is 14.2 Å². The molecular weight excluding hydrogens is 468 g/mol. The van der Waals surface area contributed by atoms with E-state index in [4.69, 9.17) is 14.2 Å². The van der Waals surface area contributed by atoms with Crippen LogP contribution in [0, 0.1) is 0 Å². The third-order valence-electron chi connectivity index (χ3n) is 5.83. The maximum atomic E-state index is 13.4. The van der Waals surface area contributed by atoms with Crippen LogP contribution in [-0.4, -0.2) is 64.6 Å². The summed E-state index contributed by atoms with van der Waals surface area (Å²) in [6, 6.07) is 3.57. The minimum atomic E-state index is -0.657. The Morgan fingerprint density at radius 1 is 1.20 bits per heavy atom. The number of carbonyl (C=O) groups excluding carboxylic acids is 2. The Morgan fingerprint density at radius 3 is 2.63 bits per heavy atom. The molecule has 0 bridgehead atoms. The Bertz CT molecular complexity index is 1160. The first-order valence-corrected chi connectivity index (χ1v) is 12.7. The van der Waals surface area contributed by atoms with E-state index in [2.05, 4.69) is 15.3 Å². The van der Waals surface area contributed by atoms with Crippen molar-refractivity contribution >= 4 is 34.4 Å². The van der Waals surface area contributed by atoms with Crippen LogP contribution in [0.4, 0.5) is 4.79 Å². The van der Waals surface area contributed by atoms with E-state index in [0.717, 1.165) is 30.6 Å². The Morgan fingerprint density at radius 2 is 1.97 bits per heavy atom. The zero-order valence-electron chi connectivity index (χ0n) is 20.6. The van der Waals surface area contributed by atoms with Crippen molar-refractivity contribution in [1.82, 2.24) is 19.9 Å². The number of pyridine rings is 1. The number of methoxy groups -OCH3 is 1. The van der Waals surface area contributed by atoms with Crippen LogP contribution in [0.5, 0.6) is 0 Å². The molecule has 0 spiro atoms. The van der Waals surface area contributed by atoms with Crippen molar-refractivity contribution in [3.8, 4) is 10.6 Å². The van der Waals surface area contributed by atoms with Gasteiger partial charge in [0.1, 0.15) is 5.60 Å². The SMILES string of the molecule is COCCOC1CCC(NC(=O)c2cc(-c3cncs3)nc3c2ccn3C(=O)OC(C)(C)C)CC1. The van der Waals surface area contributed by atoms with Crippen molar-refractivity contribution in [1.29, 1.82) is 0 Å². The van der Waals surface area contributed by atoms with Crippen LogP contribution in [0.1, 0.15) is 56.8 Å². The summed E-state index contributed by atoms with van der Waals surface area (Å²) in [6.07, 6.45) is 6.43. The number of ether oxygens (including phenoxy) is 3. The van der Waals surface area contributed by atoms with Crippen LogP contribution in [0.2, 0.25) is 0 Å². The molecule has 1 aliphatic carbocycles. The van der Waals surface area contributed by atoms with Gasteiger partial charge >= 0.3 is 6.09 Å². The number of aromatic nitrogens is 3. The predicted molar refractivity (Wildman–Crippen MR) is 134 cm³/mol. The molecule has 3 aromatic rings. The van der Waals surface area contributed by atoms with Crippen molar-refractivity contribution < 1.29 is 23.8 Å². The molecule has 0 aliphatic heterocycles. The summed E-state index contributed by atoms with van der Waals surface area (Å²) < 4.78 is 17.8. The highest BCUT2D eigenvalue weighted by atomic mass is 32.1. The number of carbonyl (C=O) groups is 2. The monoisotopic (exact) mass is 500 g/mol. The number of rotatable bonds is 7. The molecule has 1 N–H and O–H groups in total. The van der Waals surface area contributed by atoms with Crippen LogP contribution in [0.3, 0.4) is 0 Å². The molecular formula is C25H32N4O5S. The van der Waals surface area contributed by atoms with Crippen molar-refractivity contribution in [2.24, 2.45) is 0 Å². The van der Waals surface area contributed by atoms with Gasteiger partial charge in [0.15, 0.2) is 5.65 Å². The number of amides is 1. The van der Waals surface area contributed by atoms with Gasteiger partial charge in [0.25, 0.3) is 5.91 Å². The fourth-order valence-electron chi connectivity index (χ4n) is 4.16. The predicted octanol–water partition coefficient (Wildman–Crippen LogP) is 4.65. The highest BCUT2D eigenvalue weighted by molar-refractivity contribution is 7.13. The molecule has 0 aromatic carbocycles. The molecule has 4 rings (SSSR count). The minimum Gasteiger partial charge on any atom is -0.443 e. The molecule has 0 radical (unpaired) electrons. The van der Waals surface area contributed by atoms with E-state index in [9.17, 15) is 9.59 Å². The molecule has 35 heavy (non-hydrogen) atoms. The summed E-state index contributed by atoms with van der Waals surface area (Å²) in [6.45, 7) is 6.59. The lowest BCUT2D eigenvalue weighted by atomic mass is 9.92. The average molecular weight is 501 g/mol. The lowest BCUT2D eigenvalue weighted by Gasteiger charge is -2.29. The van der Waals surface area contributed by atoms with Gasteiger partial charge in [0.05, 0.1) is 41.0 Å². The van der Waals surface area contributed by atoms with Crippen molar-refractivity contribution in [2.45, 2.75) is 64.2 Å². The zero-order chi connectivity index (χ0) is 25.0. The van der Waals surface area contributed by atoms with Gasteiger partial charge in [-0.1, -0.05) is 0 Å². The number of fused-ring (bicyclic) bond motifs is 1. The van der Waals surface area contributed by atoms with Gasteiger partial charge in [-0.3, -0.25) is 9.78 Å². The summed E-state index contributed by atoms with van der Waals surface area (Å²) in [4.78, 5) is 35.9. The number of hydrogen-bond donors (Lipinski definition) is 1. The van der Waals surface area contributed by atoms with Gasteiger partial charge in [-0.2, -0.15) is 0 Å². The van der Waals surface area contributed by atoms with Gasteiger partial charge in [0.2, 0.25) is 0 Å². The molecule has 0 saturated heterocycles. The largest absolute Gasteiger partial charge is 0.443 e. The summed E-state index contributed by atoms with van der Waals surface area (Å²) in [7, 11) is 1.66. The molecule has 1 saturated carbocycles. The molecule has 9 nitrogen and oxygen atoms in total. The maximum Gasteiger partial charge on any atom is 0.420 e. The Labute approximate surface area is 208 Å². The van der Waals surface area contributed by atoms with E-state index < -0.39 is 11.7 Å². The third kappa shape index (κ3) is 6.25. The molecule has 1 aliphatic rings. The van der Waals surface area contributed by atoms with E-state index >= 15 is 0 Å². The van der Waals surface area contributed by atoms with E-state index in [1.54, 1.807) is 37.1 Å². The fraction of sp³-hybridized carbons (Fsp3) is 0.520. The second-order valence-corrected chi connectivity index (χ2v) is 10.5. The number of nitrogens with one attached hydrogen (secondary N) is 1. The van der Waals surface area contributed by atoms with Crippen molar-refractivity contribution in [3.05, 3.63) is 35.6 Å². The normalized spacial score (nSPS) is 18.5. The van der Waals surface area contributed by atoms with E-state index in [-0.39, 0.29) is 18.1 Å². The Kier molecular flexibility index (Phi) is 7.83. The molecule has 3 aromatic heterocycles. The van der Waals surface area contributed by atoms with Gasteiger partial charge in [0, 0.05) is 30.9 Å². The first kappa shape index (κ1) is 25.3. The second kappa shape index (κ2) is 10.8. The van der Waals surface area contributed by atoms with Crippen LogP contribution in [0.25, 0.3) is 21.6 Å². The number of nitrogens with zero attached hydrogens (tertiary/aromatic N) is 3. The second-order valence-electron chi connectivity index (χ2n) is 9.63. The van der Waals surface area contributed by atoms with Crippen LogP contribution >= 0.6 is 11.3 Å². The summed E-state index contributed by atoms with van der Waals surface area (Å²) >= 11 is 1.42. The highest BCUT2D eigenvalue weighted by Crippen LogP contribution is 2.29. The first-order chi connectivity index (χ1) is 16.7. The van der Waals surface area contributed by atoms with Crippen molar-refractivity contribution in [2.75, 3.05) is 20.3 Å². The van der Waals surface area contributed by atoms with Crippen LogP contribution < -0.4 is 5.32 Å². The maximum absolute atomic E-state index is 13.4. The Hall–Kier alpha value is -2.82. The highest BCUT2D eigenvalue weighted by Gasteiger charge is 2.26. The minimum absolute atomic E-state index is 0.0628. The first-order valence-electron chi connectivity index (χ1n) is 11.8. The molecule has 0 unspecified atom stereocenters. The zero-order valence-corrected chi connectivity index (χ0v) is 21.4. The molecule has 3 heterocycles. The van der Waals surface area contributed by atoms with Gasteiger partial charge in [-0.15, -0.1) is 11.3 Å². The molecule has 0 atom stereocenters. The summed E-state index contributed by atoms with van der Waals surface area (Å²) in [5.74, 6) is -0.186. The van der Waals surface area contributed by atoms with Gasteiger partial charge < -0.3 is 19.5 Å². The topological polar surface area (TPSA) is 105 Å². The third-order valence-corrected chi connectivity index (χ3v) is 6.62. The van der Waals surface area contributed by atoms with Crippen molar-refractivity contribution in [3.63, 3.8) is 0 Å². The average Bonchev–Trinajstić information content (AvgIpc) is 3.49. The van der Waals surface area contributed by atoms with E-state index in [1.807, 2.05) is 20.8 Å². The molecule has 1 fully saturated rings. The number of thiazole rings is 1. The quantitative estimate of drug-likeness (QED) is 0.471. The lowest BCUT2D eigenvalue weighted by Crippen LogP contribution is -2.39. The van der Waals surface area contributed by atoms with E-state index in [1.165, 1.54) is 15.9 Å². The number of hydrogen-bond acceptors (Lipinski definition) is 8.